The maximum absolute atomic E-state index is 11.3. The largest absolute Gasteiger partial charge is 0.438 e. The van der Waals surface area contributed by atoms with Crippen LogP contribution in [0.3, 0.4) is 0 Å². The number of amides is 1. The van der Waals surface area contributed by atoms with E-state index in [2.05, 4.69) is 41.5 Å². The normalized spacial score (nSPS) is 11.0. The minimum atomic E-state index is -0.163. The summed E-state index contributed by atoms with van der Waals surface area (Å²) < 4.78 is 13.2. The van der Waals surface area contributed by atoms with E-state index >= 15 is 0 Å². The number of benzene rings is 1. The number of hydrogen-bond donors (Lipinski definition) is 2. The number of carbonyl (C=O) groups is 1. The second-order valence-corrected chi connectivity index (χ2v) is 6.89. The van der Waals surface area contributed by atoms with Gasteiger partial charge in [0.15, 0.2) is 17.3 Å². The van der Waals surface area contributed by atoms with Crippen molar-refractivity contribution in [3.63, 3.8) is 0 Å². The van der Waals surface area contributed by atoms with Crippen LogP contribution in [-0.2, 0) is 11.3 Å². The second kappa shape index (κ2) is 7.51. The SMILES string of the molecule is CCn1c(-c2nonc2N)nc2cnc(Oc3cccc(NC(C)=O)c3)c(Br)c21. The van der Waals surface area contributed by atoms with Gasteiger partial charge in [-0.1, -0.05) is 6.07 Å². The first kappa shape index (κ1) is 18.9. The fourth-order valence-corrected chi connectivity index (χ4v) is 3.53. The van der Waals surface area contributed by atoms with Crippen molar-refractivity contribution in [2.45, 2.75) is 20.4 Å². The standard InChI is InChI=1S/C18H16BrN7O3/c1-3-26-15-12(23-17(26)14-16(20)25-29-24-14)8-21-18(13(15)19)28-11-6-4-5-10(7-11)22-9(2)27/h4-8H,3H2,1-2H3,(H2,20,25)(H,22,27). The maximum Gasteiger partial charge on any atom is 0.235 e. The van der Waals surface area contributed by atoms with Crippen molar-refractivity contribution in [1.29, 1.82) is 0 Å². The average molecular weight is 458 g/mol. The van der Waals surface area contributed by atoms with Gasteiger partial charge in [0.2, 0.25) is 11.8 Å². The molecule has 1 aromatic carbocycles. The molecule has 3 N–H and O–H groups in total. The molecule has 0 aliphatic carbocycles. The summed E-state index contributed by atoms with van der Waals surface area (Å²) in [6.07, 6.45) is 1.60. The molecule has 0 fully saturated rings. The van der Waals surface area contributed by atoms with Crippen LogP contribution < -0.4 is 15.8 Å². The number of nitrogens with zero attached hydrogens (tertiary/aromatic N) is 5. The lowest BCUT2D eigenvalue weighted by atomic mass is 10.3. The summed E-state index contributed by atoms with van der Waals surface area (Å²) in [5.74, 6) is 1.39. The van der Waals surface area contributed by atoms with Gasteiger partial charge in [0.25, 0.3) is 0 Å². The van der Waals surface area contributed by atoms with Gasteiger partial charge in [0.05, 0.1) is 11.7 Å². The van der Waals surface area contributed by atoms with Crippen LogP contribution in [0.25, 0.3) is 22.6 Å². The number of rotatable bonds is 5. The fraction of sp³-hybridized carbons (Fsp3) is 0.167. The van der Waals surface area contributed by atoms with Gasteiger partial charge in [-0.15, -0.1) is 0 Å². The van der Waals surface area contributed by atoms with Gasteiger partial charge < -0.3 is 20.4 Å². The topological polar surface area (TPSA) is 134 Å². The Morgan fingerprint density at radius 1 is 1.38 bits per heavy atom. The zero-order valence-electron chi connectivity index (χ0n) is 15.5. The molecular formula is C18H16BrN7O3. The molecule has 4 aromatic rings. The summed E-state index contributed by atoms with van der Waals surface area (Å²) in [5.41, 5.74) is 8.23. The Kier molecular flexibility index (Phi) is 4.89. The molecule has 1 amide bonds. The highest BCUT2D eigenvalue weighted by molar-refractivity contribution is 9.10. The Bertz CT molecular complexity index is 1220. The molecule has 148 valence electrons. The average Bonchev–Trinajstić information content (AvgIpc) is 3.27. The molecular weight excluding hydrogens is 442 g/mol. The molecule has 0 saturated carbocycles. The van der Waals surface area contributed by atoms with Gasteiger partial charge >= 0.3 is 0 Å². The van der Waals surface area contributed by atoms with E-state index < -0.39 is 0 Å². The first-order chi connectivity index (χ1) is 14.0. The number of pyridine rings is 1. The highest BCUT2D eigenvalue weighted by atomic mass is 79.9. The third kappa shape index (κ3) is 3.51. The lowest BCUT2D eigenvalue weighted by Gasteiger charge is -2.10. The van der Waals surface area contributed by atoms with Crippen LogP contribution in [-0.4, -0.2) is 30.8 Å². The lowest BCUT2D eigenvalue weighted by molar-refractivity contribution is -0.114. The minimum Gasteiger partial charge on any atom is -0.438 e. The predicted molar refractivity (Wildman–Crippen MR) is 109 cm³/mol. The Morgan fingerprint density at radius 3 is 2.90 bits per heavy atom. The van der Waals surface area contributed by atoms with E-state index in [-0.39, 0.29) is 11.7 Å². The number of aryl methyl sites for hydroxylation is 1. The van der Waals surface area contributed by atoms with E-state index in [0.717, 1.165) is 5.52 Å². The Labute approximate surface area is 173 Å². The minimum absolute atomic E-state index is 0.158. The number of hydrogen-bond acceptors (Lipinski definition) is 8. The van der Waals surface area contributed by atoms with Crippen molar-refractivity contribution in [2.24, 2.45) is 0 Å². The fourth-order valence-electron chi connectivity index (χ4n) is 2.93. The van der Waals surface area contributed by atoms with Crippen LogP contribution in [0.4, 0.5) is 11.5 Å². The summed E-state index contributed by atoms with van der Waals surface area (Å²) in [6.45, 7) is 4.01. The van der Waals surface area contributed by atoms with E-state index in [0.29, 0.717) is 45.4 Å². The van der Waals surface area contributed by atoms with Gasteiger partial charge in [0, 0.05) is 25.2 Å². The van der Waals surface area contributed by atoms with Crippen molar-refractivity contribution < 1.29 is 14.2 Å². The van der Waals surface area contributed by atoms with E-state index in [9.17, 15) is 4.79 Å². The molecule has 0 atom stereocenters. The summed E-state index contributed by atoms with van der Waals surface area (Å²) in [6, 6.07) is 7.04. The Hall–Kier alpha value is -3.47. The first-order valence-corrected chi connectivity index (χ1v) is 9.45. The van der Waals surface area contributed by atoms with Crippen molar-refractivity contribution >= 4 is 44.4 Å². The number of ether oxygens (including phenoxy) is 1. The third-order valence-electron chi connectivity index (χ3n) is 4.11. The zero-order valence-corrected chi connectivity index (χ0v) is 17.1. The molecule has 0 bridgehead atoms. The number of fused-ring (bicyclic) bond motifs is 1. The first-order valence-electron chi connectivity index (χ1n) is 8.66. The molecule has 0 aliphatic rings. The molecule has 10 nitrogen and oxygen atoms in total. The van der Waals surface area contributed by atoms with Crippen molar-refractivity contribution in [3.8, 4) is 23.1 Å². The number of anilines is 2. The highest BCUT2D eigenvalue weighted by Crippen LogP contribution is 2.37. The van der Waals surface area contributed by atoms with E-state index in [4.69, 9.17) is 15.1 Å². The van der Waals surface area contributed by atoms with Gasteiger partial charge in [-0.3, -0.25) is 4.79 Å². The highest BCUT2D eigenvalue weighted by Gasteiger charge is 2.22. The Balaban J connectivity index is 1.77. The van der Waals surface area contributed by atoms with Gasteiger partial charge in [-0.25, -0.2) is 14.6 Å². The number of carbonyl (C=O) groups excluding carboxylic acids is 1. The number of imidazole rings is 1. The zero-order chi connectivity index (χ0) is 20.5. The van der Waals surface area contributed by atoms with E-state index in [1.165, 1.54) is 6.92 Å². The van der Waals surface area contributed by atoms with Gasteiger partial charge in [0.1, 0.15) is 15.7 Å². The van der Waals surface area contributed by atoms with Crippen LogP contribution in [0.15, 0.2) is 39.6 Å². The molecule has 0 spiro atoms. The van der Waals surface area contributed by atoms with Crippen LogP contribution in [0.5, 0.6) is 11.6 Å². The van der Waals surface area contributed by atoms with Crippen molar-refractivity contribution in [2.75, 3.05) is 11.1 Å². The van der Waals surface area contributed by atoms with Crippen LogP contribution in [0.2, 0.25) is 0 Å². The monoisotopic (exact) mass is 457 g/mol. The number of halogens is 1. The Morgan fingerprint density at radius 2 is 2.21 bits per heavy atom. The third-order valence-corrected chi connectivity index (χ3v) is 4.82. The molecule has 4 rings (SSSR count). The number of aromatic nitrogens is 5. The summed E-state index contributed by atoms with van der Waals surface area (Å²) in [5, 5.41) is 10.2. The van der Waals surface area contributed by atoms with Crippen LogP contribution >= 0.6 is 15.9 Å². The number of nitrogens with two attached hydrogens (primary N) is 1. The van der Waals surface area contributed by atoms with Crippen LogP contribution in [0, 0.1) is 0 Å². The molecule has 11 heteroatoms. The second-order valence-electron chi connectivity index (χ2n) is 6.10. The molecule has 0 unspecified atom stereocenters. The van der Waals surface area contributed by atoms with E-state index in [1.807, 2.05) is 11.5 Å². The van der Waals surface area contributed by atoms with Gasteiger partial charge in [-0.05, 0) is 45.3 Å². The molecule has 0 saturated heterocycles. The number of nitrogen functional groups attached to an aromatic ring is 1. The summed E-state index contributed by atoms with van der Waals surface area (Å²) in [7, 11) is 0. The van der Waals surface area contributed by atoms with E-state index in [1.54, 1.807) is 30.5 Å². The smallest absolute Gasteiger partial charge is 0.235 e. The summed E-state index contributed by atoms with van der Waals surface area (Å²) >= 11 is 3.58. The summed E-state index contributed by atoms with van der Waals surface area (Å²) in [4.78, 5) is 20.2. The molecule has 0 aliphatic heterocycles. The number of nitrogens with one attached hydrogen (secondary N) is 1. The van der Waals surface area contributed by atoms with Gasteiger partial charge in [-0.2, -0.15) is 0 Å². The maximum atomic E-state index is 11.3. The molecule has 0 radical (unpaired) electrons. The predicted octanol–water partition coefficient (Wildman–Crippen LogP) is 3.60. The molecule has 29 heavy (non-hydrogen) atoms. The molecule has 3 heterocycles. The van der Waals surface area contributed by atoms with Crippen LogP contribution in [0.1, 0.15) is 13.8 Å². The van der Waals surface area contributed by atoms with Crippen molar-refractivity contribution in [3.05, 3.63) is 34.9 Å². The quantitative estimate of drug-likeness (QED) is 0.464. The molecule has 3 aromatic heterocycles. The lowest BCUT2D eigenvalue weighted by Crippen LogP contribution is -2.05. The van der Waals surface area contributed by atoms with Crippen molar-refractivity contribution in [1.82, 2.24) is 24.8 Å².